The number of aromatic amines is 1. The lowest BCUT2D eigenvalue weighted by Gasteiger charge is -2.33. The summed E-state index contributed by atoms with van der Waals surface area (Å²) in [5, 5.41) is 4.66. The summed E-state index contributed by atoms with van der Waals surface area (Å²) in [6.45, 7) is 3.98. The third-order valence-electron chi connectivity index (χ3n) is 6.82. The second-order valence-corrected chi connectivity index (χ2v) is 8.11. The topological polar surface area (TPSA) is 61.0 Å². The van der Waals surface area contributed by atoms with Gasteiger partial charge < -0.3 is 15.2 Å². The zero-order chi connectivity index (χ0) is 16.9. The molecule has 7 heteroatoms. The van der Waals surface area contributed by atoms with Crippen LogP contribution in [0.1, 0.15) is 43.6 Å². The number of likely N-dealkylation sites (tertiary alicyclic amines) is 1. The standard InChI is InChI=1S/C20H26N4O.2ClH/c25-19(17-12-20(17)5-8-21-9-6-20)24-10-3-14(4-11-24)16-13-23-18-15(16)2-1-7-22-18;;/h1-2,7,13-14,17,21H,3-6,8-12H2,(H,22,23);2*1H. The minimum absolute atomic E-state index is 0. The Kier molecular flexibility index (Phi) is 6.04. The van der Waals surface area contributed by atoms with Gasteiger partial charge in [-0.15, -0.1) is 24.8 Å². The van der Waals surface area contributed by atoms with E-state index < -0.39 is 0 Å². The largest absolute Gasteiger partial charge is 0.346 e. The van der Waals surface area contributed by atoms with E-state index in [1.807, 2.05) is 12.3 Å². The van der Waals surface area contributed by atoms with Gasteiger partial charge in [0.05, 0.1) is 0 Å². The smallest absolute Gasteiger partial charge is 0.226 e. The summed E-state index contributed by atoms with van der Waals surface area (Å²) in [7, 11) is 0. The molecule has 5 nitrogen and oxygen atoms in total. The molecular weight excluding hydrogens is 383 g/mol. The van der Waals surface area contributed by atoms with Crippen LogP contribution >= 0.6 is 24.8 Å². The van der Waals surface area contributed by atoms with Gasteiger partial charge in [-0.1, -0.05) is 0 Å². The van der Waals surface area contributed by atoms with Gasteiger partial charge in [0.2, 0.25) is 5.91 Å². The number of rotatable bonds is 2. The van der Waals surface area contributed by atoms with Crippen LogP contribution in [0.3, 0.4) is 0 Å². The fourth-order valence-electron chi connectivity index (χ4n) is 5.12. The third kappa shape index (κ3) is 3.57. The van der Waals surface area contributed by atoms with Gasteiger partial charge in [-0.3, -0.25) is 4.79 Å². The number of hydrogen-bond donors (Lipinski definition) is 2. The predicted octanol–water partition coefficient (Wildman–Crippen LogP) is 3.50. The number of aromatic nitrogens is 2. The van der Waals surface area contributed by atoms with Crippen molar-refractivity contribution in [1.29, 1.82) is 0 Å². The Morgan fingerprint density at radius 3 is 2.67 bits per heavy atom. The monoisotopic (exact) mass is 410 g/mol. The van der Waals surface area contributed by atoms with Crippen molar-refractivity contribution in [3.05, 3.63) is 30.1 Å². The van der Waals surface area contributed by atoms with Crippen LogP contribution in [0.2, 0.25) is 0 Å². The first-order valence-electron chi connectivity index (χ1n) is 9.68. The van der Waals surface area contributed by atoms with Gasteiger partial charge in [-0.05, 0) is 74.2 Å². The molecule has 27 heavy (non-hydrogen) atoms. The van der Waals surface area contributed by atoms with Crippen LogP contribution in [-0.4, -0.2) is 47.0 Å². The third-order valence-corrected chi connectivity index (χ3v) is 6.82. The first kappa shape index (κ1) is 20.4. The van der Waals surface area contributed by atoms with Crippen molar-refractivity contribution >= 4 is 41.8 Å². The quantitative estimate of drug-likeness (QED) is 0.795. The molecule has 1 saturated carbocycles. The average molecular weight is 411 g/mol. The Hall–Kier alpha value is -1.30. The lowest BCUT2D eigenvalue weighted by atomic mass is 9.88. The van der Waals surface area contributed by atoms with Gasteiger partial charge in [0.25, 0.3) is 0 Å². The number of nitrogens with zero attached hydrogens (tertiary/aromatic N) is 2. The molecule has 0 bridgehead atoms. The molecule has 0 radical (unpaired) electrons. The van der Waals surface area contributed by atoms with Gasteiger partial charge in [-0.25, -0.2) is 4.98 Å². The molecule has 1 atom stereocenters. The van der Waals surface area contributed by atoms with Crippen molar-refractivity contribution in [2.45, 2.75) is 38.0 Å². The van der Waals surface area contributed by atoms with Crippen LogP contribution in [0.5, 0.6) is 0 Å². The predicted molar refractivity (Wildman–Crippen MR) is 112 cm³/mol. The number of piperidine rings is 2. The maximum Gasteiger partial charge on any atom is 0.226 e. The van der Waals surface area contributed by atoms with Crippen LogP contribution in [0.15, 0.2) is 24.5 Å². The minimum Gasteiger partial charge on any atom is -0.346 e. The normalized spacial score (nSPS) is 24.3. The van der Waals surface area contributed by atoms with Gasteiger partial charge in [0.15, 0.2) is 0 Å². The highest BCUT2D eigenvalue weighted by molar-refractivity contribution is 5.85. The Morgan fingerprint density at radius 1 is 1.19 bits per heavy atom. The number of hydrogen-bond acceptors (Lipinski definition) is 3. The summed E-state index contributed by atoms with van der Waals surface area (Å²) < 4.78 is 0. The van der Waals surface area contributed by atoms with Crippen molar-refractivity contribution in [2.75, 3.05) is 26.2 Å². The molecule has 2 aliphatic heterocycles. The summed E-state index contributed by atoms with van der Waals surface area (Å²) in [6.07, 6.45) is 9.57. The Labute approximate surface area is 172 Å². The lowest BCUT2D eigenvalue weighted by Crippen LogP contribution is -2.40. The molecule has 0 aromatic carbocycles. The highest BCUT2D eigenvalue weighted by Gasteiger charge is 2.58. The molecule has 4 heterocycles. The van der Waals surface area contributed by atoms with Gasteiger partial charge in [0, 0.05) is 36.8 Å². The van der Waals surface area contributed by atoms with Crippen molar-refractivity contribution in [3.63, 3.8) is 0 Å². The summed E-state index contributed by atoms with van der Waals surface area (Å²) >= 11 is 0. The van der Waals surface area contributed by atoms with Crippen LogP contribution in [0, 0.1) is 11.3 Å². The maximum absolute atomic E-state index is 12.9. The van der Waals surface area contributed by atoms with Gasteiger partial charge in [0.1, 0.15) is 5.65 Å². The van der Waals surface area contributed by atoms with Crippen LogP contribution in [0.25, 0.3) is 11.0 Å². The molecule has 3 fully saturated rings. The lowest BCUT2D eigenvalue weighted by molar-refractivity contribution is -0.134. The van der Waals surface area contributed by atoms with Gasteiger partial charge >= 0.3 is 0 Å². The molecule has 1 spiro atoms. The second kappa shape index (κ2) is 7.98. The number of carbonyl (C=O) groups excluding carboxylic acids is 1. The van der Waals surface area contributed by atoms with Crippen molar-refractivity contribution < 1.29 is 4.79 Å². The molecule has 148 valence electrons. The van der Waals surface area contributed by atoms with Crippen molar-refractivity contribution in [2.24, 2.45) is 11.3 Å². The van der Waals surface area contributed by atoms with E-state index in [1.165, 1.54) is 23.8 Å². The molecule has 1 amide bonds. The molecular formula is C20H28Cl2N4O. The van der Waals surface area contributed by atoms with Gasteiger partial charge in [-0.2, -0.15) is 0 Å². The molecule has 3 aliphatic rings. The molecule has 1 unspecified atom stereocenters. The summed E-state index contributed by atoms with van der Waals surface area (Å²) in [5.41, 5.74) is 2.69. The Balaban J connectivity index is 0.00000105. The Bertz CT molecular complexity index is 794. The summed E-state index contributed by atoms with van der Waals surface area (Å²) in [5.74, 6) is 1.28. The summed E-state index contributed by atoms with van der Waals surface area (Å²) in [4.78, 5) is 22.8. The molecule has 2 aromatic heterocycles. The van der Waals surface area contributed by atoms with E-state index in [9.17, 15) is 4.79 Å². The number of amides is 1. The SMILES string of the molecule is Cl.Cl.O=C(C1CC12CCNCC2)N1CCC(c2c[nH]c3ncccc23)CC1. The van der Waals surface area contributed by atoms with Crippen LogP contribution < -0.4 is 5.32 Å². The molecule has 1 aliphatic carbocycles. The van der Waals surface area contributed by atoms with E-state index in [2.05, 4.69) is 32.4 Å². The number of pyridine rings is 1. The zero-order valence-electron chi connectivity index (χ0n) is 15.4. The fraction of sp³-hybridized carbons (Fsp3) is 0.600. The van der Waals surface area contributed by atoms with E-state index in [0.29, 0.717) is 23.2 Å². The van der Waals surface area contributed by atoms with E-state index >= 15 is 0 Å². The van der Waals surface area contributed by atoms with E-state index in [1.54, 1.807) is 0 Å². The average Bonchev–Trinajstić information content (AvgIpc) is 3.17. The maximum atomic E-state index is 12.9. The molecule has 5 rings (SSSR count). The summed E-state index contributed by atoms with van der Waals surface area (Å²) in [6, 6.07) is 4.15. The highest BCUT2D eigenvalue weighted by Crippen LogP contribution is 2.59. The van der Waals surface area contributed by atoms with E-state index in [-0.39, 0.29) is 24.8 Å². The first-order valence-corrected chi connectivity index (χ1v) is 9.68. The van der Waals surface area contributed by atoms with Crippen molar-refractivity contribution in [1.82, 2.24) is 20.2 Å². The molecule has 2 aromatic rings. The van der Waals surface area contributed by atoms with Crippen molar-refractivity contribution in [3.8, 4) is 0 Å². The number of halogens is 2. The highest BCUT2D eigenvalue weighted by atomic mass is 35.5. The number of carbonyl (C=O) groups is 1. The number of nitrogens with one attached hydrogen (secondary N) is 2. The first-order chi connectivity index (χ1) is 12.3. The fourth-order valence-corrected chi connectivity index (χ4v) is 5.12. The van der Waals surface area contributed by atoms with Crippen LogP contribution in [-0.2, 0) is 4.79 Å². The second-order valence-electron chi connectivity index (χ2n) is 8.11. The van der Waals surface area contributed by atoms with E-state index in [4.69, 9.17) is 0 Å². The Morgan fingerprint density at radius 2 is 1.93 bits per heavy atom. The number of H-pyrrole nitrogens is 1. The minimum atomic E-state index is 0. The zero-order valence-corrected chi connectivity index (χ0v) is 17.1. The van der Waals surface area contributed by atoms with Crippen LogP contribution in [0.4, 0.5) is 0 Å². The molecule has 2 saturated heterocycles. The number of fused-ring (bicyclic) bond motifs is 1. The van der Waals surface area contributed by atoms with E-state index in [0.717, 1.165) is 51.1 Å². The molecule has 2 N–H and O–H groups in total.